The SMILES string of the molecule is CN(C)[C@H]1CN(C2CCc3cccc(F)c32)C[C@@H]1c1cn(C)c2ccncc12. The molecule has 0 bridgehead atoms. The molecule has 1 fully saturated rings. The van der Waals surface area contributed by atoms with Crippen LogP contribution in [-0.4, -0.2) is 52.6 Å². The fourth-order valence-corrected chi connectivity index (χ4v) is 5.43. The molecule has 0 saturated carbocycles. The molecule has 1 saturated heterocycles. The van der Waals surface area contributed by atoms with Crippen LogP contribution in [0.4, 0.5) is 4.39 Å². The van der Waals surface area contributed by atoms with Crippen LogP contribution in [-0.2, 0) is 13.5 Å². The summed E-state index contributed by atoms with van der Waals surface area (Å²) in [6, 6.07) is 8.22. The molecule has 3 heterocycles. The van der Waals surface area contributed by atoms with Gasteiger partial charge < -0.3 is 9.47 Å². The van der Waals surface area contributed by atoms with Gasteiger partial charge in [-0.2, -0.15) is 0 Å². The number of aromatic nitrogens is 2. The summed E-state index contributed by atoms with van der Waals surface area (Å²) in [5.41, 5.74) is 4.70. The number of benzene rings is 1. The normalized spacial score (nSPS) is 25.1. The Morgan fingerprint density at radius 1 is 1.18 bits per heavy atom. The second-order valence-corrected chi connectivity index (χ2v) is 8.55. The van der Waals surface area contributed by atoms with E-state index in [1.165, 1.54) is 22.0 Å². The lowest BCUT2D eigenvalue weighted by molar-refractivity contribution is 0.213. The van der Waals surface area contributed by atoms with Gasteiger partial charge in [0.15, 0.2) is 0 Å². The third-order valence-electron chi connectivity index (χ3n) is 6.81. The molecule has 5 heteroatoms. The molecule has 4 nitrogen and oxygen atoms in total. The Kier molecular flexibility index (Phi) is 4.25. The van der Waals surface area contributed by atoms with Gasteiger partial charge in [0, 0.05) is 67.7 Å². The van der Waals surface area contributed by atoms with Crippen molar-refractivity contribution in [2.75, 3.05) is 27.2 Å². The molecule has 0 amide bonds. The molecular formula is C23H27FN4. The lowest BCUT2D eigenvalue weighted by atomic mass is 9.94. The molecule has 2 aliphatic rings. The lowest BCUT2D eigenvalue weighted by Crippen LogP contribution is -2.35. The number of pyridine rings is 1. The van der Waals surface area contributed by atoms with Crippen LogP contribution < -0.4 is 0 Å². The van der Waals surface area contributed by atoms with Gasteiger partial charge in [-0.25, -0.2) is 4.39 Å². The van der Waals surface area contributed by atoms with E-state index in [4.69, 9.17) is 0 Å². The van der Waals surface area contributed by atoms with Crippen molar-refractivity contribution in [3.63, 3.8) is 0 Å². The van der Waals surface area contributed by atoms with E-state index in [0.717, 1.165) is 31.5 Å². The highest BCUT2D eigenvalue weighted by molar-refractivity contribution is 5.83. The molecular weight excluding hydrogens is 351 g/mol. The fourth-order valence-electron chi connectivity index (χ4n) is 5.43. The fraction of sp³-hybridized carbons (Fsp3) is 0.435. The predicted octanol–water partition coefficient (Wildman–Crippen LogP) is 3.73. The maximum atomic E-state index is 14.6. The number of fused-ring (bicyclic) bond motifs is 2. The van der Waals surface area contributed by atoms with Crippen LogP contribution in [0.1, 0.15) is 35.1 Å². The zero-order chi connectivity index (χ0) is 19.4. The number of hydrogen-bond donors (Lipinski definition) is 0. The Morgan fingerprint density at radius 2 is 2.04 bits per heavy atom. The highest BCUT2D eigenvalue weighted by atomic mass is 19.1. The van der Waals surface area contributed by atoms with Crippen molar-refractivity contribution >= 4 is 10.9 Å². The third kappa shape index (κ3) is 2.68. The molecule has 3 atom stereocenters. The number of nitrogens with zero attached hydrogens (tertiary/aromatic N) is 4. The summed E-state index contributed by atoms with van der Waals surface area (Å²) >= 11 is 0. The first-order valence-corrected chi connectivity index (χ1v) is 10.1. The van der Waals surface area contributed by atoms with E-state index >= 15 is 0 Å². The first-order chi connectivity index (χ1) is 13.5. The van der Waals surface area contributed by atoms with Crippen molar-refractivity contribution in [1.82, 2.24) is 19.4 Å². The predicted molar refractivity (Wildman–Crippen MR) is 110 cm³/mol. The monoisotopic (exact) mass is 378 g/mol. The minimum absolute atomic E-state index is 0.0424. The molecule has 28 heavy (non-hydrogen) atoms. The van der Waals surface area contributed by atoms with Crippen LogP contribution in [0.5, 0.6) is 0 Å². The average molecular weight is 378 g/mol. The number of aryl methyl sites for hydroxylation is 2. The van der Waals surface area contributed by atoms with Gasteiger partial charge in [-0.3, -0.25) is 9.88 Å². The Morgan fingerprint density at radius 3 is 2.86 bits per heavy atom. The molecule has 1 unspecified atom stereocenters. The highest BCUT2D eigenvalue weighted by Gasteiger charge is 2.42. The van der Waals surface area contributed by atoms with Gasteiger partial charge in [0.25, 0.3) is 0 Å². The molecule has 0 N–H and O–H groups in total. The van der Waals surface area contributed by atoms with Gasteiger partial charge in [0.1, 0.15) is 5.82 Å². The molecule has 0 spiro atoms. The molecule has 1 aliphatic carbocycles. The minimum atomic E-state index is -0.0424. The minimum Gasteiger partial charge on any atom is -0.350 e. The van der Waals surface area contributed by atoms with Crippen LogP contribution in [0.25, 0.3) is 10.9 Å². The van der Waals surface area contributed by atoms with Crippen molar-refractivity contribution in [2.45, 2.75) is 30.8 Å². The topological polar surface area (TPSA) is 24.3 Å². The van der Waals surface area contributed by atoms with Gasteiger partial charge >= 0.3 is 0 Å². The zero-order valence-corrected chi connectivity index (χ0v) is 16.8. The second-order valence-electron chi connectivity index (χ2n) is 8.55. The smallest absolute Gasteiger partial charge is 0.128 e. The van der Waals surface area contributed by atoms with Crippen molar-refractivity contribution in [2.24, 2.45) is 7.05 Å². The summed E-state index contributed by atoms with van der Waals surface area (Å²) in [6.07, 6.45) is 8.10. The Hall–Kier alpha value is -2.24. The number of rotatable bonds is 3. The molecule has 0 radical (unpaired) electrons. The van der Waals surface area contributed by atoms with Crippen LogP contribution in [0.15, 0.2) is 42.9 Å². The molecule has 1 aromatic carbocycles. The third-order valence-corrected chi connectivity index (χ3v) is 6.81. The van der Waals surface area contributed by atoms with Crippen LogP contribution >= 0.6 is 0 Å². The summed E-state index contributed by atoms with van der Waals surface area (Å²) in [7, 11) is 6.42. The Balaban J connectivity index is 1.52. The molecule has 146 valence electrons. The van der Waals surface area contributed by atoms with E-state index in [0.29, 0.717) is 12.0 Å². The van der Waals surface area contributed by atoms with Gasteiger partial charge in [0.05, 0.1) is 5.52 Å². The molecule has 3 aromatic rings. The maximum Gasteiger partial charge on any atom is 0.128 e. The summed E-state index contributed by atoms with van der Waals surface area (Å²) in [5.74, 6) is 0.345. The van der Waals surface area contributed by atoms with Crippen LogP contribution in [0.2, 0.25) is 0 Å². The first-order valence-electron chi connectivity index (χ1n) is 10.1. The average Bonchev–Trinajstić information content (AvgIpc) is 3.37. The van der Waals surface area contributed by atoms with Crippen LogP contribution in [0.3, 0.4) is 0 Å². The van der Waals surface area contributed by atoms with Crippen molar-refractivity contribution in [1.29, 1.82) is 0 Å². The highest BCUT2D eigenvalue weighted by Crippen LogP contribution is 2.43. The van der Waals surface area contributed by atoms with E-state index in [1.807, 2.05) is 18.5 Å². The Bertz CT molecular complexity index is 1020. The number of hydrogen-bond acceptors (Lipinski definition) is 3. The van der Waals surface area contributed by atoms with E-state index in [-0.39, 0.29) is 11.9 Å². The summed E-state index contributed by atoms with van der Waals surface area (Å²) in [5, 5.41) is 1.24. The largest absolute Gasteiger partial charge is 0.350 e. The molecule has 1 aliphatic heterocycles. The standard InChI is InChI=1S/C23H27FN4/c1-26(2)22-14-28(21-8-7-15-5-4-6-19(24)23(15)21)13-18(22)17-12-27(3)20-9-10-25-11-16(17)20/h4-6,9-12,18,21-22H,7-8,13-14H2,1-3H3/t18-,21?,22+/m1/s1. The number of halogens is 1. The lowest BCUT2D eigenvalue weighted by Gasteiger charge is -2.26. The van der Waals surface area contributed by atoms with E-state index in [1.54, 1.807) is 6.07 Å². The van der Waals surface area contributed by atoms with Gasteiger partial charge in [-0.1, -0.05) is 12.1 Å². The van der Waals surface area contributed by atoms with Gasteiger partial charge in [-0.15, -0.1) is 0 Å². The van der Waals surface area contributed by atoms with Gasteiger partial charge in [0.2, 0.25) is 0 Å². The quantitative estimate of drug-likeness (QED) is 0.694. The van der Waals surface area contributed by atoms with Crippen LogP contribution in [0, 0.1) is 5.82 Å². The summed E-state index contributed by atoms with van der Waals surface area (Å²) in [6.45, 7) is 1.92. The molecule has 2 aromatic heterocycles. The molecule has 5 rings (SSSR count). The number of likely N-dealkylation sites (N-methyl/N-ethyl adjacent to an activating group) is 1. The Labute approximate surface area is 165 Å². The van der Waals surface area contributed by atoms with E-state index in [9.17, 15) is 4.39 Å². The second kappa shape index (κ2) is 6.68. The first kappa shape index (κ1) is 17.8. The zero-order valence-electron chi connectivity index (χ0n) is 16.8. The van der Waals surface area contributed by atoms with E-state index in [2.05, 4.69) is 58.8 Å². The van der Waals surface area contributed by atoms with Crippen molar-refractivity contribution in [3.8, 4) is 0 Å². The van der Waals surface area contributed by atoms with E-state index < -0.39 is 0 Å². The summed E-state index contributed by atoms with van der Waals surface area (Å²) in [4.78, 5) is 9.22. The van der Waals surface area contributed by atoms with Crippen molar-refractivity contribution in [3.05, 3.63) is 65.4 Å². The maximum absolute atomic E-state index is 14.6. The van der Waals surface area contributed by atoms with Gasteiger partial charge in [-0.05, 0) is 50.2 Å². The van der Waals surface area contributed by atoms with Crippen molar-refractivity contribution < 1.29 is 4.39 Å². The summed E-state index contributed by atoms with van der Waals surface area (Å²) < 4.78 is 16.8. The number of likely N-dealkylation sites (tertiary alicyclic amines) is 1.